The summed E-state index contributed by atoms with van der Waals surface area (Å²) in [5, 5.41) is 0.531. The Morgan fingerprint density at radius 1 is 1.24 bits per heavy atom. The number of rotatable bonds is 3. The molecule has 0 aliphatic carbocycles. The number of aromatic nitrogens is 1. The largest absolute Gasteiger partial charge is 0.454 e. The third kappa shape index (κ3) is 3.12. The number of hydrogen-bond donors (Lipinski definition) is 0. The molecule has 0 atom stereocenters. The predicted molar refractivity (Wildman–Crippen MR) is 73.0 cm³/mol. The van der Waals surface area contributed by atoms with Gasteiger partial charge in [0.2, 0.25) is 0 Å². The Morgan fingerprint density at radius 3 is 2.76 bits per heavy atom. The number of pyridine rings is 1. The minimum atomic E-state index is 0.367. The van der Waals surface area contributed by atoms with Crippen molar-refractivity contribution in [2.24, 2.45) is 0 Å². The molecule has 0 fully saturated rings. The van der Waals surface area contributed by atoms with Crippen molar-refractivity contribution < 1.29 is 4.74 Å². The molecule has 1 heterocycles. The first-order valence-electron chi connectivity index (χ1n) is 4.82. The fourth-order valence-corrected chi connectivity index (χ4v) is 2.22. The average Bonchev–Trinajstić information content (AvgIpc) is 2.33. The van der Waals surface area contributed by atoms with Crippen LogP contribution in [0.15, 0.2) is 41.1 Å². The molecule has 0 radical (unpaired) electrons. The van der Waals surface area contributed by atoms with Crippen molar-refractivity contribution in [2.75, 3.05) is 0 Å². The van der Waals surface area contributed by atoms with Gasteiger partial charge < -0.3 is 4.74 Å². The first-order valence-corrected chi connectivity index (χ1v) is 6.53. The van der Waals surface area contributed by atoms with Crippen molar-refractivity contribution in [2.45, 2.75) is 5.88 Å². The summed E-state index contributed by atoms with van der Waals surface area (Å²) in [5.41, 5.74) is 0.876. The Morgan fingerprint density at radius 2 is 2.06 bits per heavy atom. The number of ether oxygens (including phenoxy) is 1. The van der Waals surface area contributed by atoms with E-state index in [9.17, 15) is 0 Å². The van der Waals surface area contributed by atoms with Crippen molar-refractivity contribution in [1.29, 1.82) is 0 Å². The molecule has 0 amide bonds. The van der Waals surface area contributed by atoms with Gasteiger partial charge >= 0.3 is 0 Å². The molecule has 0 saturated heterocycles. The maximum Gasteiger partial charge on any atom is 0.150 e. The van der Waals surface area contributed by atoms with Crippen LogP contribution >= 0.6 is 39.1 Å². The molecule has 88 valence electrons. The van der Waals surface area contributed by atoms with E-state index >= 15 is 0 Å². The summed E-state index contributed by atoms with van der Waals surface area (Å²) in [6.45, 7) is 0. The van der Waals surface area contributed by atoms with Gasteiger partial charge in [-0.3, -0.25) is 4.98 Å². The van der Waals surface area contributed by atoms with Crippen LogP contribution in [0.3, 0.4) is 0 Å². The molecule has 2 aromatic rings. The van der Waals surface area contributed by atoms with E-state index in [1.54, 1.807) is 24.5 Å². The third-order valence-electron chi connectivity index (χ3n) is 2.13. The number of alkyl halides is 1. The molecule has 0 aliphatic rings. The molecular weight excluding hydrogens is 325 g/mol. The fraction of sp³-hybridized carbons (Fsp3) is 0.0833. The normalized spacial score (nSPS) is 10.3. The quantitative estimate of drug-likeness (QED) is 0.735. The van der Waals surface area contributed by atoms with Gasteiger partial charge in [-0.25, -0.2) is 0 Å². The number of hydrogen-bond acceptors (Lipinski definition) is 2. The molecule has 0 aliphatic heterocycles. The highest BCUT2D eigenvalue weighted by molar-refractivity contribution is 9.10. The topological polar surface area (TPSA) is 22.1 Å². The Kier molecular flexibility index (Phi) is 4.26. The summed E-state index contributed by atoms with van der Waals surface area (Å²) in [4.78, 5) is 4.00. The summed E-state index contributed by atoms with van der Waals surface area (Å²) in [7, 11) is 0. The van der Waals surface area contributed by atoms with E-state index in [-0.39, 0.29) is 0 Å². The molecule has 0 N–H and O–H groups in total. The zero-order valence-electron chi connectivity index (χ0n) is 8.66. The second-order valence-corrected chi connectivity index (χ2v) is 4.88. The second kappa shape index (κ2) is 5.71. The van der Waals surface area contributed by atoms with Crippen molar-refractivity contribution >= 4 is 39.1 Å². The van der Waals surface area contributed by atoms with Crippen LogP contribution in [0, 0.1) is 0 Å². The van der Waals surface area contributed by atoms with Gasteiger partial charge in [0, 0.05) is 16.2 Å². The Balaban J connectivity index is 2.31. The highest BCUT2D eigenvalue weighted by Crippen LogP contribution is 2.33. The van der Waals surface area contributed by atoms with Crippen LogP contribution in [0.25, 0.3) is 0 Å². The van der Waals surface area contributed by atoms with E-state index in [2.05, 4.69) is 20.9 Å². The van der Waals surface area contributed by atoms with Crippen LogP contribution in [-0.4, -0.2) is 4.98 Å². The minimum absolute atomic E-state index is 0.367. The van der Waals surface area contributed by atoms with Crippen LogP contribution in [0.2, 0.25) is 5.02 Å². The predicted octanol–water partition coefficient (Wildman–Crippen LogP) is 5.03. The number of nitrogens with zero attached hydrogens (tertiary/aromatic N) is 1. The van der Waals surface area contributed by atoms with Crippen LogP contribution < -0.4 is 4.74 Å². The molecule has 2 nitrogen and oxygen atoms in total. The molecule has 2 rings (SSSR count). The lowest BCUT2D eigenvalue weighted by Crippen LogP contribution is -1.91. The standard InChI is InChI=1S/C12H8BrCl2NO/c13-9-1-2-11(10(15)5-9)17-12-7-16-4-3-8(12)6-14/h1-5,7H,6H2. The van der Waals surface area contributed by atoms with E-state index in [0.717, 1.165) is 10.0 Å². The van der Waals surface area contributed by atoms with E-state index < -0.39 is 0 Å². The first-order chi connectivity index (χ1) is 8.20. The highest BCUT2D eigenvalue weighted by Gasteiger charge is 2.07. The number of benzene rings is 1. The van der Waals surface area contributed by atoms with Gasteiger partial charge in [0.1, 0.15) is 11.5 Å². The average molecular weight is 333 g/mol. The van der Waals surface area contributed by atoms with Crippen LogP contribution in [0.5, 0.6) is 11.5 Å². The molecule has 0 unspecified atom stereocenters. The van der Waals surface area contributed by atoms with E-state index in [0.29, 0.717) is 22.4 Å². The lowest BCUT2D eigenvalue weighted by molar-refractivity contribution is 0.476. The van der Waals surface area contributed by atoms with Gasteiger partial charge in [-0.2, -0.15) is 0 Å². The summed E-state index contributed by atoms with van der Waals surface area (Å²) in [6.07, 6.45) is 3.30. The molecule has 1 aromatic heterocycles. The maximum absolute atomic E-state index is 6.07. The van der Waals surface area contributed by atoms with Crippen LogP contribution in [0.1, 0.15) is 5.56 Å². The highest BCUT2D eigenvalue weighted by atomic mass is 79.9. The Bertz CT molecular complexity index is 534. The van der Waals surface area contributed by atoms with E-state index in [1.807, 2.05) is 12.1 Å². The van der Waals surface area contributed by atoms with E-state index in [1.165, 1.54) is 0 Å². The monoisotopic (exact) mass is 331 g/mol. The smallest absolute Gasteiger partial charge is 0.150 e. The molecule has 0 saturated carbocycles. The van der Waals surface area contributed by atoms with Crippen molar-refractivity contribution in [3.8, 4) is 11.5 Å². The maximum atomic E-state index is 6.07. The summed E-state index contributed by atoms with van der Waals surface area (Å²) < 4.78 is 6.59. The van der Waals surface area contributed by atoms with E-state index in [4.69, 9.17) is 27.9 Å². The van der Waals surface area contributed by atoms with Gasteiger partial charge in [-0.15, -0.1) is 11.6 Å². The van der Waals surface area contributed by atoms with Crippen molar-refractivity contribution in [3.05, 3.63) is 51.7 Å². The first kappa shape index (κ1) is 12.7. The van der Waals surface area contributed by atoms with Crippen molar-refractivity contribution in [3.63, 3.8) is 0 Å². The van der Waals surface area contributed by atoms with Gasteiger partial charge in [0.05, 0.1) is 17.1 Å². The molecule has 1 aromatic carbocycles. The Labute approximate surface area is 118 Å². The Hall–Kier alpha value is -0.770. The molecule has 17 heavy (non-hydrogen) atoms. The van der Waals surface area contributed by atoms with Gasteiger partial charge in [0.15, 0.2) is 0 Å². The van der Waals surface area contributed by atoms with Gasteiger partial charge in [0.25, 0.3) is 0 Å². The summed E-state index contributed by atoms with van der Waals surface area (Å²) >= 11 is 15.2. The molecule has 0 spiro atoms. The van der Waals surface area contributed by atoms with Crippen molar-refractivity contribution in [1.82, 2.24) is 4.98 Å². The minimum Gasteiger partial charge on any atom is -0.454 e. The second-order valence-electron chi connectivity index (χ2n) is 3.29. The lowest BCUT2D eigenvalue weighted by Gasteiger charge is -2.10. The van der Waals surface area contributed by atoms with Crippen LogP contribution in [0.4, 0.5) is 0 Å². The SMILES string of the molecule is ClCc1ccncc1Oc1ccc(Br)cc1Cl. The molecule has 5 heteroatoms. The summed E-state index contributed by atoms with van der Waals surface area (Å²) in [5.74, 6) is 1.56. The zero-order chi connectivity index (χ0) is 12.3. The zero-order valence-corrected chi connectivity index (χ0v) is 11.8. The third-order valence-corrected chi connectivity index (χ3v) is 3.20. The summed E-state index contributed by atoms with van der Waals surface area (Å²) in [6, 6.07) is 7.23. The van der Waals surface area contributed by atoms with Gasteiger partial charge in [-0.05, 0) is 24.3 Å². The lowest BCUT2D eigenvalue weighted by atomic mass is 10.3. The molecular formula is C12H8BrCl2NO. The fourth-order valence-electron chi connectivity index (χ4n) is 1.29. The van der Waals surface area contributed by atoms with Gasteiger partial charge in [-0.1, -0.05) is 27.5 Å². The molecule has 0 bridgehead atoms. The number of halogens is 3. The van der Waals surface area contributed by atoms with Crippen LogP contribution in [-0.2, 0) is 5.88 Å².